The Labute approximate surface area is 190 Å². The Morgan fingerprint density at radius 2 is 1.48 bits per heavy atom. The van der Waals surface area contributed by atoms with Crippen LogP contribution < -0.4 is 10.2 Å². The second kappa shape index (κ2) is 12.5. The van der Waals surface area contributed by atoms with Gasteiger partial charge in [-0.3, -0.25) is 19.6 Å². The Balaban J connectivity index is 0.00000261. The van der Waals surface area contributed by atoms with Crippen LogP contribution in [0.3, 0.4) is 0 Å². The summed E-state index contributed by atoms with van der Waals surface area (Å²) < 4.78 is 5.11. The number of ketones is 1. The molecule has 0 radical (unpaired) electrons. The summed E-state index contributed by atoms with van der Waals surface area (Å²) in [6.07, 6.45) is 3.55. The van der Waals surface area contributed by atoms with Crippen LogP contribution in [0.15, 0.2) is 24.5 Å². The van der Waals surface area contributed by atoms with Crippen molar-refractivity contribution in [2.24, 2.45) is 0 Å². The first-order chi connectivity index (χ1) is 12.6. The number of carbonyl (C=O) groups is 2. The first kappa shape index (κ1) is 27.8. The van der Waals surface area contributed by atoms with Crippen LogP contribution in [0.1, 0.15) is 6.92 Å². The van der Waals surface area contributed by atoms with Crippen molar-refractivity contribution >= 4 is 54.7 Å². The molecule has 2 fully saturated rings. The molecule has 3 rings (SSSR count). The topological polar surface area (TPSA) is 78.0 Å². The number of halogens is 3. The summed E-state index contributed by atoms with van der Waals surface area (Å²) in [7, 11) is 1.36. The van der Waals surface area contributed by atoms with E-state index in [9.17, 15) is 9.59 Å². The van der Waals surface area contributed by atoms with Gasteiger partial charge in [0.15, 0.2) is 5.78 Å². The number of piperazine rings is 2. The number of aromatic nitrogens is 1. The molecule has 0 aliphatic carbocycles. The molecule has 11 heteroatoms. The highest BCUT2D eigenvalue weighted by atomic mass is 35.5. The smallest absolute Gasteiger partial charge is 0.349 e. The van der Waals surface area contributed by atoms with E-state index in [2.05, 4.69) is 15.2 Å². The number of hydrogen-bond donors (Lipinski definition) is 1. The first-order valence-corrected chi connectivity index (χ1v) is 9.06. The fourth-order valence-electron chi connectivity index (χ4n) is 4.02. The fraction of sp³-hybridized carbons (Fsp3) is 0.611. The highest BCUT2D eigenvalue weighted by Crippen LogP contribution is 2.27. The molecule has 1 aromatic rings. The minimum Gasteiger partial charge on any atom is -0.466 e. The van der Waals surface area contributed by atoms with Gasteiger partial charge in [0.2, 0.25) is 5.66 Å². The molecule has 29 heavy (non-hydrogen) atoms. The molecule has 1 atom stereocenters. The number of Topliss-reactive ketones (excluding diaryl/α,β-unsaturated/α-hetero) is 1. The van der Waals surface area contributed by atoms with Crippen molar-refractivity contribution in [3.05, 3.63) is 24.5 Å². The Hall–Kier alpha value is -1.16. The van der Waals surface area contributed by atoms with Crippen molar-refractivity contribution in [1.82, 2.24) is 20.1 Å². The van der Waals surface area contributed by atoms with E-state index in [0.29, 0.717) is 26.2 Å². The maximum Gasteiger partial charge on any atom is 0.349 e. The molecule has 0 saturated carbocycles. The molecular formula is C18H30Cl3N5O3. The zero-order valence-electron chi connectivity index (χ0n) is 16.7. The molecular weight excluding hydrogens is 441 g/mol. The number of carbonyl (C=O) groups excluding carboxylic acids is 2. The summed E-state index contributed by atoms with van der Waals surface area (Å²) in [5.74, 6) is -0.659. The van der Waals surface area contributed by atoms with E-state index in [1.807, 2.05) is 21.9 Å². The maximum atomic E-state index is 12.9. The molecule has 166 valence electrons. The van der Waals surface area contributed by atoms with Gasteiger partial charge in [0.1, 0.15) is 0 Å². The van der Waals surface area contributed by atoms with Gasteiger partial charge in [-0.15, -0.1) is 37.2 Å². The standard InChI is InChI=1S/C18H27N5O3.3ClH/c1-15(24)18(17(25)26-2,22-9-7-20-8-10-22)23-13-11-21(12-14-23)16-3-5-19-6-4-16;;;/h3-6,20H,7-14H2,1-2H3;3*1H. The monoisotopic (exact) mass is 469 g/mol. The lowest BCUT2D eigenvalue weighted by Gasteiger charge is -2.50. The molecule has 0 amide bonds. The van der Waals surface area contributed by atoms with Crippen molar-refractivity contribution in [2.75, 3.05) is 64.4 Å². The number of ether oxygens (including phenoxy) is 1. The van der Waals surface area contributed by atoms with Gasteiger partial charge in [-0.25, -0.2) is 4.79 Å². The molecule has 2 saturated heterocycles. The lowest BCUT2D eigenvalue weighted by atomic mass is 9.98. The number of nitrogens with one attached hydrogen (secondary N) is 1. The van der Waals surface area contributed by atoms with Gasteiger partial charge in [0, 0.05) is 70.4 Å². The Kier molecular flexibility index (Phi) is 12.0. The zero-order valence-corrected chi connectivity index (χ0v) is 19.2. The predicted octanol–water partition coefficient (Wildman–Crippen LogP) is 0.832. The van der Waals surface area contributed by atoms with Crippen molar-refractivity contribution in [1.29, 1.82) is 0 Å². The molecule has 2 aliphatic heterocycles. The maximum absolute atomic E-state index is 12.9. The number of pyridine rings is 1. The van der Waals surface area contributed by atoms with Crippen molar-refractivity contribution in [2.45, 2.75) is 12.6 Å². The Morgan fingerprint density at radius 3 is 1.97 bits per heavy atom. The normalized spacial score (nSPS) is 19.6. The van der Waals surface area contributed by atoms with E-state index in [4.69, 9.17) is 4.74 Å². The summed E-state index contributed by atoms with van der Waals surface area (Å²) >= 11 is 0. The number of methoxy groups -OCH3 is 1. The van der Waals surface area contributed by atoms with E-state index in [0.717, 1.165) is 31.9 Å². The number of anilines is 1. The second-order valence-corrected chi connectivity index (χ2v) is 6.64. The zero-order chi connectivity index (χ0) is 18.6. The highest BCUT2D eigenvalue weighted by Gasteiger charge is 2.55. The molecule has 0 bridgehead atoms. The third-order valence-electron chi connectivity index (χ3n) is 5.30. The third-order valence-corrected chi connectivity index (χ3v) is 5.30. The van der Waals surface area contributed by atoms with Gasteiger partial charge in [-0.1, -0.05) is 0 Å². The van der Waals surface area contributed by atoms with Gasteiger partial charge in [-0.05, 0) is 19.1 Å². The van der Waals surface area contributed by atoms with Gasteiger partial charge in [0.25, 0.3) is 0 Å². The number of esters is 1. The predicted molar refractivity (Wildman–Crippen MR) is 120 cm³/mol. The van der Waals surface area contributed by atoms with E-state index in [1.165, 1.54) is 14.0 Å². The molecule has 0 spiro atoms. The van der Waals surface area contributed by atoms with Crippen LogP contribution >= 0.6 is 37.2 Å². The lowest BCUT2D eigenvalue weighted by Crippen LogP contribution is -2.74. The van der Waals surface area contributed by atoms with E-state index >= 15 is 0 Å². The average Bonchev–Trinajstić information content (AvgIpc) is 2.70. The van der Waals surface area contributed by atoms with Crippen molar-refractivity contribution in [3.63, 3.8) is 0 Å². The van der Waals surface area contributed by atoms with Gasteiger partial charge in [-0.2, -0.15) is 0 Å². The molecule has 1 unspecified atom stereocenters. The van der Waals surface area contributed by atoms with Gasteiger partial charge in [0.05, 0.1) is 7.11 Å². The molecule has 1 aromatic heterocycles. The molecule has 3 heterocycles. The van der Waals surface area contributed by atoms with Crippen LogP contribution in [0.25, 0.3) is 0 Å². The van der Waals surface area contributed by atoms with E-state index in [-0.39, 0.29) is 43.0 Å². The minimum atomic E-state index is -1.33. The van der Waals surface area contributed by atoms with Gasteiger partial charge >= 0.3 is 5.97 Å². The quantitative estimate of drug-likeness (QED) is 0.501. The summed E-state index contributed by atoms with van der Waals surface area (Å²) in [4.78, 5) is 35.9. The first-order valence-electron chi connectivity index (χ1n) is 9.06. The third kappa shape index (κ3) is 5.51. The SMILES string of the molecule is COC(=O)C(C(C)=O)(N1CCNCC1)N1CCN(c2ccncc2)CC1.Cl.Cl.Cl. The van der Waals surface area contributed by atoms with E-state index < -0.39 is 11.6 Å². The lowest BCUT2D eigenvalue weighted by molar-refractivity contribution is -0.178. The van der Waals surface area contributed by atoms with Crippen LogP contribution in [-0.2, 0) is 14.3 Å². The molecule has 1 N–H and O–H groups in total. The minimum absolute atomic E-state index is 0. The van der Waals surface area contributed by atoms with Gasteiger partial charge < -0.3 is 15.0 Å². The number of hydrogen-bond acceptors (Lipinski definition) is 8. The molecule has 2 aliphatic rings. The summed E-state index contributed by atoms with van der Waals surface area (Å²) in [5.41, 5.74) is -0.227. The van der Waals surface area contributed by atoms with Crippen LogP contribution in [0.4, 0.5) is 5.69 Å². The Morgan fingerprint density at radius 1 is 0.966 bits per heavy atom. The summed E-state index contributed by atoms with van der Waals surface area (Å²) in [6, 6.07) is 3.95. The van der Waals surface area contributed by atoms with Crippen LogP contribution in [-0.4, -0.2) is 91.7 Å². The van der Waals surface area contributed by atoms with Crippen LogP contribution in [0, 0.1) is 0 Å². The second-order valence-electron chi connectivity index (χ2n) is 6.64. The van der Waals surface area contributed by atoms with Crippen molar-refractivity contribution < 1.29 is 14.3 Å². The summed E-state index contributed by atoms with van der Waals surface area (Å²) in [6.45, 7) is 6.98. The molecule has 8 nitrogen and oxygen atoms in total. The molecule has 0 aromatic carbocycles. The fourth-order valence-corrected chi connectivity index (χ4v) is 4.02. The summed E-state index contributed by atoms with van der Waals surface area (Å²) in [5, 5.41) is 3.28. The Bertz CT molecular complexity index is 641. The van der Waals surface area contributed by atoms with Crippen molar-refractivity contribution in [3.8, 4) is 0 Å². The highest BCUT2D eigenvalue weighted by molar-refractivity contribution is 6.07. The van der Waals surface area contributed by atoms with Crippen LogP contribution in [0.5, 0.6) is 0 Å². The van der Waals surface area contributed by atoms with Crippen LogP contribution in [0.2, 0.25) is 0 Å². The number of nitrogens with zero attached hydrogens (tertiary/aromatic N) is 4. The largest absolute Gasteiger partial charge is 0.466 e. The average molecular weight is 471 g/mol. The van der Waals surface area contributed by atoms with E-state index in [1.54, 1.807) is 12.4 Å². The number of rotatable bonds is 5.